The SMILES string of the molecule is COc1c(F)cccc1CNC(=O)c1nc(-c2cc(C)nc(C)c2)c(-c2ccc(F)cc2)nc1N.Cc1cc(-c2nc(C(=O)NCc3ccccc3C(F)(F)F)c(N)nc2-c2ccc(F)cc2)cc(C)n1. The van der Waals surface area contributed by atoms with Gasteiger partial charge in [-0.05, 0) is 118 Å². The number of alkyl halides is 3. The topological polar surface area (TPSA) is 197 Å². The molecule has 0 aliphatic carbocycles. The zero-order valence-electron chi connectivity index (χ0n) is 38.7. The van der Waals surface area contributed by atoms with Crippen molar-refractivity contribution < 1.29 is 40.7 Å². The van der Waals surface area contributed by atoms with Crippen molar-refractivity contribution in [3.05, 3.63) is 184 Å². The lowest BCUT2D eigenvalue weighted by atomic mass is 10.0. The predicted octanol–water partition coefficient (Wildman–Crippen LogP) is 10.1. The predicted molar refractivity (Wildman–Crippen MR) is 256 cm³/mol. The summed E-state index contributed by atoms with van der Waals surface area (Å²) in [6.07, 6.45) is -4.57. The van der Waals surface area contributed by atoms with Gasteiger partial charge in [-0.15, -0.1) is 0 Å². The number of nitrogens with two attached hydrogens (primary N) is 2. The fourth-order valence-electron chi connectivity index (χ4n) is 7.58. The summed E-state index contributed by atoms with van der Waals surface area (Å²) in [5.41, 5.74) is 18.1. The standard InChI is InChI=1S/C26H21F4N5O.C26H23F2N5O2/c1-14-11-18(12-15(2)33-14)22-21(16-7-9-19(27)10-8-16)35-24(31)23(34-22)25(36)32-13-17-5-3-4-6-20(17)26(28,29)30;1-14-11-18(12-15(2)31-14)22-21(16-7-9-19(27)10-8-16)33-25(29)23(32-22)26(34)30-13-17-5-4-6-20(28)24(17)35-3/h3-12H,13H2,1-2H3,(H2,31,35)(H,32,36);4-12H,13H2,1-3H3,(H2,29,33)(H,30,34). The highest BCUT2D eigenvalue weighted by molar-refractivity contribution is 5.99. The Labute approximate surface area is 403 Å². The van der Waals surface area contributed by atoms with Gasteiger partial charge in [-0.25, -0.2) is 33.1 Å². The van der Waals surface area contributed by atoms with E-state index < -0.39 is 47.6 Å². The van der Waals surface area contributed by atoms with E-state index in [4.69, 9.17) is 16.2 Å². The zero-order chi connectivity index (χ0) is 51.1. The van der Waals surface area contributed by atoms with Crippen molar-refractivity contribution >= 4 is 23.5 Å². The van der Waals surface area contributed by atoms with Crippen LogP contribution >= 0.6 is 0 Å². The molecule has 4 aromatic heterocycles. The number of carbonyl (C=O) groups excluding carboxylic acids is 2. The number of methoxy groups -OCH3 is 1. The van der Waals surface area contributed by atoms with Gasteiger partial charge in [-0.3, -0.25) is 19.6 Å². The number of nitrogen functional groups attached to an aromatic ring is 2. The van der Waals surface area contributed by atoms with Gasteiger partial charge in [0.2, 0.25) is 0 Å². The van der Waals surface area contributed by atoms with E-state index >= 15 is 0 Å². The molecule has 2 amide bonds. The second-order valence-electron chi connectivity index (χ2n) is 16.1. The minimum absolute atomic E-state index is 0.0105. The third-order valence-corrected chi connectivity index (χ3v) is 10.7. The molecule has 8 rings (SSSR count). The molecule has 0 atom stereocenters. The first-order valence-electron chi connectivity index (χ1n) is 21.6. The molecule has 0 radical (unpaired) electrons. The normalized spacial score (nSPS) is 11.1. The molecule has 0 aliphatic heterocycles. The Morgan fingerprint density at radius 3 is 1.34 bits per heavy atom. The second-order valence-corrected chi connectivity index (χ2v) is 16.1. The Morgan fingerprint density at radius 1 is 0.521 bits per heavy atom. The van der Waals surface area contributed by atoms with Crippen molar-refractivity contribution in [2.45, 2.75) is 47.0 Å². The number of hydrogen-bond acceptors (Lipinski definition) is 11. The number of pyridine rings is 2. The second kappa shape index (κ2) is 21.3. The Balaban J connectivity index is 0.000000209. The molecule has 0 fully saturated rings. The first-order chi connectivity index (χ1) is 33.8. The molecule has 13 nitrogen and oxygen atoms in total. The van der Waals surface area contributed by atoms with Crippen LogP contribution in [0, 0.1) is 45.1 Å². The average Bonchev–Trinajstić information content (AvgIpc) is 3.32. The minimum Gasteiger partial charge on any atom is -0.493 e. The van der Waals surface area contributed by atoms with Crippen LogP contribution in [0.2, 0.25) is 0 Å². The lowest BCUT2D eigenvalue weighted by Crippen LogP contribution is -2.27. The van der Waals surface area contributed by atoms with E-state index in [0.717, 1.165) is 17.5 Å². The van der Waals surface area contributed by atoms with E-state index in [1.54, 1.807) is 44.2 Å². The van der Waals surface area contributed by atoms with Crippen LogP contribution in [-0.2, 0) is 19.3 Å². The number of aromatic nitrogens is 6. The van der Waals surface area contributed by atoms with E-state index in [1.165, 1.54) is 73.8 Å². The number of para-hydroxylation sites is 1. The van der Waals surface area contributed by atoms with Gasteiger partial charge in [0.1, 0.15) is 11.6 Å². The Kier molecular flexibility index (Phi) is 15.0. The van der Waals surface area contributed by atoms with Crippen molar-refractivity contribution in [3.63, 3.8) is 0 Å². The Hall–Kier alpha value is -8.74. The monoisotopic (exact) mass is 970 g/mol. The molecule has 0 saturated heterocycles. The maximum atomic E-state index is 14.0. The number of nitrogens with one attached hydrogen (secondary N) is 2. The van der Waals surface area contributed by atoms with Gasteiger partial charge < -0.3 is 26.8 Å². The molecule has 0 spiro atoms. The van der Waals surface area contributed by atoms with Crippen LogP contribution in [0.5, 0.6) is 5.75 Å². The number of hydrogen-bond donors (Lipinski definition) is 4. The highest BCUT2D eigenvalue weighted by Gasteiger charge is 2.33. The first-order valence-corrected chi connectivity index (χ1v) is 21.6. The summed E-state index contributed by atoms with van der Waals surface area (Å²) in [4.78, 5) is 52.6. The summed E-state index contributed by atoms with van der Waals surface area (Å²) < 4.78 is 86.1. The van der Waals surface area contributed by atoms with Crippen LogP contribution in [0.3, 0.4) is 0 Å². The number of ether oxygens (including phenoxy) is 1. The number of amides is 2. The number of halogens is 6. The maximum Gasteiger partial charge on any atom is 0.416 e. The Morgan fingerprint density at radius 2 is 0.915 bits per heavy atom. The molecule has 71 heavy (non-hydrogen) atoms. The maximum absolute atomic E-state index is 14.0. The van der Waals surface area contributed by atoms with Crippen molar-refractivity contribution in [1.29, 1.82) is 0 Å². The van der Waals surface area contributed by atoms with Gasteiger partial charge in [-0.2, -0.15) is 13.2 Å². The Bertz CT molecular complexity index is 3240. The smallest absolute Gasteiger partial charge is 0.416 e. The molecule has 0 bridgehead atoms. The number of anilines is 2. The lowest BCUT2D eigenvalue weighted by Gasteiger charge is -2.15. The minimum atomic E-state index is -4.57. The average molecular weight is 971 g/mol. The van der Waals surface area contributed by atoms with E-state index in [9.17, 15) is 35.9 Å². The van der Waals surface area contributed by atoms with E-state index in [0.29, 0.717) is 62.0 Å². The zero-order valence-corrected chi connectivity index (χ0v) is 38.7. The number of aryl methyl sites for hydroxylation is 4. The molecule has 8 aromatic rings. The molecule has 19 heteroatoms. The summed E-state index contributed by atoms with van der Waals surface area (Å²) in [6.45, 7) is 6.88. The summed E-state index contributed by atoms with van der Waals surface area (Å²) >= 11 is 0. The van der Waals surface area contributed by atoms with Gasteiger partial charge >= 0.3 is 6.18 Å². The fourth-order valence-corrected chi connectivity index (χ4v) is 7.58. The van der Waals surface area contributed by atoms with Crippen LogP contribution in [0.15, 0.2) is 115 Å². The van der Waals surface area contributed by atoms with Crippen LogP contribution in [-0.4, -0.2) is 48.8 Å². The molecule has 4 aromatic carbocycles. The van der Waals surface area contributed by atoms with Gasteiger partial charge in [0.05, 0.1) is 35.4 Å². The number of carbonyl (C=O) groups is 2. The van der Waals surface area contributed by atoms with Gasteiger partial charge in [0.15, 0.2) is 34.6 Å². The van der Waals surface area contributed by atoms with E-state index in [-0.39, 0.29) is 40.9 Å². The van der Waals surface area contributed by atoms with Crippen LogP contribution in [0.1, 0.15) is 60.4 Å². The summed E-state index contributed by atoms with van der Waals surface area (Å²) in [5.74, 6) is -3.01. The van der Waals surface area contributed by atoms with Crippen molar-refractivity contribution in [1.82, 2.24) is 40.5 Å². The molecule has 362 valence electrons. The molecule has 0 aliphatic rings. The molecule has 4 heterocycles. The molecular formula is C52H44F6N10O3. The number of benzene rings is 4. The van der Waals surface area contributed by atoms with Gasteiger partial charge in [0.25, 0.3) is 11.8 Å². The summed E-state index contributed by atoms with van der Waals surface area (Å²) in [5, 5.41) is 5.15. The van der Waals surface area contributed by atoms with Gasteiger partial charge in [-0.1, -0.05) is 30.3 Å². The van der Waals surface area contributed by atoms with Crippen molar-refractivity contribution in [2.75, 3.05) is 18.6 Å². The lowest BCUT2D eigenvalue weighted by molar-refractivity contribution is -0.138. The molecular weight excluding hydrogens is 927 g/mol. The third kappa shape index (κ3) is 11.9. The van der Waals surface area contributed by atoms with E-state index in [2.05, 4.69) is 40.5 Å². The van der Waals surface area contributed by atoms with E-state index in [1.807, 2.05) is 26.0 Å². The highest BCUT2D eigenvalue weighted by Crippen LogP contribution is 2.35. The molecule has 6 N–H and O–H groups in total. The largest absolute Gasteiger partial charge is 0.493 e. The fraction of sp³-hybridized carbons (Fsp3) is 0.154. The quantitative estimate of drug-likeness (QED) is 0.0901. The first kappa shape index (κ1) is 50.1. The van der Waals surface area contributed by atoms with Crippen molar-refractivity contribution in [2.24, 2.45) is 0 Å². The number of rotatable bonds is 11. The van der Waals surface area contributed by atoms with Crippen molar-refractivity contribution in [3.8, 4) is 50.8 Å². The number of nitrogens with zero attached hydrogens (tertiary/aromatic N) is 6. The van der Waals surface area contributed by atoms with Crippen LogP contribution < -0.4 is 26.8 Å². The third-order valence-electron chi connectivity index (χ3n) is 10.7. The van der Waals surface area contributed by atoms with Crippen LogP contribution in [0.25, 0.3) is 45.0 Å². The summed E-state index contributed by atoms with van der Waals surface area (Å²) in [7, 11) is 1.35. The molecule has 0 saturated carbocycles. The molecule has 0 unspecified atom stereocenters. The highest BCUT2D eigenvalue weighted by atomic mass is 19.4. The van der Waals surface area contributed by atoms with Gasteiger partial charge in [0, 0.05) is 63.7 Å². The van der Waals surface area contributed by atoms with Crippen LogP contribution in [0.4, 0.5) is 38.0 Å². The summed E-state index contributed by atoms with van der Waals surface area (Å²) in [6, 6.07) is 27.8.